The lowest BCUT2D eigenvalue weighted by molar-refractivity contribution is 0.837. The maximum Gasteiger partial charge on any atom is 0.239 e. The molecule has 0 atom stereocenters. The zero-order valence-electron chi connectivity index (χ0n) is 10.1. The van der Waals surface area contributed by atoms with Gasteiger partial charge in [-0.25, -0.2) is 15.5 Å². The molecule has 0 bridgehead atoms. The van der Waals surface area contributed by atoms with Crippen molar-refractivity contribution in [2.75, 3.05) is 5.43 Å². The average molecular weight is 275 g/mol. The molecule has 0 spiro atoms. The number of halogens is 1. The maximum absolute atomic E-state index is 6.04. The van der Waals surface area contributed by atoms with E-state index in [2.05, 4.69) is 20.5 Å². The SMILES string of the molecule is Cc1nn(-c2nc(NN)nc3ccccc23)cc1Cl. The summed E-state index contributed by atoms with van der Waals surface area (Å²) in [5, 5.41) is 5.80. The van der Waals surface area contributed by atoms with Crippen LogP contribution in [0.25, 0.3) is 16.7 Å². The van der Waals surface area contributed by atoms with E-state index in [9.17, 15) is 0 Å². The van der Waals surface area contributed by atoms with Gasteiger partial charge in [0.05, 0.1) is 22.4 Å². The Hall–Kier alpha value is -2.18. The number of aromatic nitrogens is 4. The fraction of sp³-hybridized carbons (Fsp3) is 0.0833. The number of para-hydroxylation sites is 1. The van der Waals surface area contributed by atoms with Crippen LogP contribution in [0.2, 0.25) is 5.02 Å². The van der Waals surface area contributed by atoms with Gasteiger partial charge in [0.1, 0.15) is 0 Å². The van der Waals surface area contributed by atoms with Crippen molar-refractivity contribution < 1.29 is 0 Å². The lowest BCUT2D eigenvalue weighted by Gasteiger charge is -2.07. The zero-order valence-corrected chi connectivity index (χ0v) is 10.9. The Kier molecular flexibility index (Phi) is 2.81. The Bertz CT molecular complexity index is 732. The first-order valence-corrected chi connectivity index (χ1v) is 6.02. The summed E-state index contributed by atoms with van der Waals surface area (Å²) in [7, 11) is 0. The van der Waals surface area contributed by atoms with E-state index in [4.69, 9.17) is 17.4 Å². The van der Waals surface area contributed by atoms with Crippen LogP contribution in [0.15, 0.2) is 30.5 Å². The number of fused-ring (bicyclic) bond motifs is 1. The summed E-state index contributed by atoms with van der Waals surface area (Å²) in [5.74, 6) is 6.36. The molecule has 3 rings (SSSR count). The summed E-state index contributed by atoms with van der Waals surface area (Å²) in [4.78, 5) is 8.63. The van der Waals surface area contributed by atoms with E-state index in [0.29, 0.717) is 16.8 Å². The van der Waals surface area contributed by atoms with Gasteiger partial charge in [-0.15, -0.1) is 0 Å². The van der Waals surface area contributed by atoms with Crippen LogP contribution in [0, 0.1) is 6.92 Å². The summed E-state index contributed by atoms with van der Waals surface area (Å²) >= 11 is 6.04. The van der Waals surface area contributed by atoms with Gasteiger partial charge in [-0.1, -0.05) is 23.7 Å². The van der Waals surface area contributed by atoms with Gasteiger partial charge < -0.3 is 0 Å². The second-order valence-electron chi connectivity index (χ2n) is 4.04. The number of aryl methyl sites for hydroxylation is 1. The number of hydrazine groups is 1. The quantitative estimate of drug-likeness (QED) is 0.552. The number of hydrogen-bond acceptors (Lipinski definition) is 5. The third-order valence-corrected chi connectivity index (χ3v) is 3.14. The molecule has 0 unspecified atom stereocenters. The molecule has 2 heterocycles. The highest BCUT2D eigenvalue weighted by atomic mass is 35.5. The molecule has 0 fully saturated rings. The first-order chi connectivity index (χ1) is 9.19. The third-order valence-electron chi connectivity index (χ3n) is 2.77. The fourth-order valence-corrected chi connectivity index (χ4v) is 1.98. The molecule has 96 valence electrons. The lowest BCUT2D eigenvalue weighted by Crippen LogP contribution is -2.12. The summed E-state index contributed by atoms with van der Waals surface area (Å²) in [6.07, 6.45) is 1.71. The van der Waals surface area contributed by atoms with Crippen molar-refractivity contribution in [1.29, 1.82) is 0 Å². The Labute approximate surface area is 114 Å². The molecule has 6 nitrogen and oxygen atoms in total. The number of anilines is 1. The standard InChI is InChI=1S/C12H11ClN6/c1-7-9(13)6-19(18-7)11-8-4-2-3-5-10(8)15-12(16-11)17-14/h2-6H,14H2,1H3,(H,15,16,17). The average Bonchev–Trinajstić information content (AvgIpc) is 2.77. The van der Waals surface area contributed by atoms with Gasteiger partial charge >= 0.3 is 0 Å². The number of nitrogens with two attached hydrogens (primary N) is 1. The highest BCUT2D eigenvalue weighted by molar-refractivity contribution is 6.31. The molecule has 3 aromatic rings. The van der Waals surface area contributed by atoms with E-state index in [-0.39, 0.29) is 0 Å². The molecule has 0 aliphatic rings. The van der Waals surface area contributed by atoms with Gasteiger partial charge in [0, 0.05) is 5.39 Å². The van der Waals surface area contributed by atoms with E-state index < -0.39 is 0 Å². The normalized spacial score (nSPS) is 10.9. The fourth-order valence-electron chi connectivity index (χ4n) is 1.85. The molecule has 0 aliphatic carbocycles. The Morgan fingerprint density at radius 3 is 2.74 bits per heavy atom. The van der Waals surface area contributed by atoms with Gasteiger partial charge in [0.15, 0.2) is 5.82 Å². The number of nitrogen functional groups attached to an aromatic ring is 1. The summed E-state index contributed by atoms with van der Waals surface area (Å²) in [5.41, 5.74) is 3.98. The molecule has 19 heavy (non-hydrogen) atoms. The minimum absolute atomic E-state index is 0.331. The highest BCUT2D eigenvalue weighted by Crippen LogP contribution is 2.22. The van der Waals surface area contributed by atoms with Crippen molar-refractivity contribution in [3.05, 3.63) is 41.2 Å². The second-order valence-corrected chi connectivity index (χ2v) is 4.45. The van der Waals surface area contributed by atoms with Crippen LogP contribution in [0.1, 0.15) is 5.69 Å². The monoisotopic (exact) mass is 274 g/mol. The number of hydrogen-bond donors (Lipinski definition) is 2. The van der Waals surface area contributed by atoms with Crippen molar-refractivity contribution in [2.45, 2.75) is 6.92 Å². The number of nitrogens with zero attached hydrogens (tertiary/aromatic N) is 4. The number of nitrogens with one attached hydrogen (secondary N) is 1. The molecule has 0 radical (unpaired) electrons. The van der Waals surface area contributed by atoms with Crippen LogP contribution < -0.4 is 11.3 Å². The summed E-state index contributed by atoms with van der Waals surface area (Å²) in [6, 6.07) is 7.64. The summed E-state index contributed by atoms with van der Waals surface area (Å²) in [6.45, 7) is 1.84. The second kappa shape index (κ2) is 4.49. The van der Waals surface area contributed by atoms with Crippen molar-refractivity contribution >= 4 is 28.5 Å². The van der Waals surface area contributed by atoms with E-state index >= 15 is 0 Å². The molecule has 7 heteroatoms. The van der Waals surface area contributed by atoms with Crippen molar-refractivity contribution in [3.8, 4) is 5.82 Å². The van der Waals surface area contributed by atoms with E-state index in [1.54, 1.807) is 10.9 Å². The molecule has 1 aromatic carbocycles. The Morgan fingerprint density at radius 1 is 1.26 bits per heavy atom. The smallest absolute Gasteiger partial charge is 0.239 e. The van der Waals surface area contributed by atoms with Crippen LogP contribution in [-0.2, 0) is 0 Å². The number of rotatable bonds is 2. The van der Waals surface area contributed by atoms with E-state index in [1.807, 2.05) is 31.2 Å². The predicted molar refractivity (Wildman–Crippen MR) is 74.2 cm³/mol. The topological polar surface area (TPSA) is 81.7 Å². The van der Waals surface area contributed by atoms with Crippen molar-refractivity contribution in [3.63, 3.8) is 0 Å². The van der Waals surface area contributed by atoms with Crippen LogP contribution in [0.4, 0.5) is 5.95 Å². The van der Waals surface area contributed by atoms with Gasteiger partial charge in [-0.2, -0.15) is 10.1 Å². The number of benzene rings is 1. The molecule has 0 saturated heterocycles. The zero-order chi connectivity index (χ0) is 13.4. The van der Waals surface area contributed by atoms with Crippen LogP contribution >= 0.6 is 11.6 Å². The first-order valence-electron chi connectivity index (χ1n) is 5.64. The minimum atomic E-state index is 0.331. The van der Waals surface area contributed by atoms with Gasteiger partial charge in [-0.05, 0) is 19.1 Å². The summed E-state index contributed by atoms with van der Waals surface area (Å²) < 4.78 is 1.63. The van der Waals surface area contributed by atoms with Crippen molar-refractivity contribution in [2.24, 2.45) is 5.84 Å². The Morgan fingerprint density at radius 2 is 2.05 bits per heavy atom. The predicted octanol–water partition coefficient (Wildman–Crippen LogP) is 2.06. The van der Waals surface area contributed by atoms with Gasteiger partial charge in [0.2, 0.25) is 5.95 Å². The molecule has 0 aliphatic heterocycles. The van der Waals surface area contributed by atoms with Gasteiger partial charge in [0.25, 0.3) is 0 Å². The van der Waals surface area contributed by atoms with Crippen LogP contribution in [-0.4, -0.2) is 19.7 Å². The maximum atomic E-state index is 6.04. The van der Waals surface area contributed by atoms with Crippen LogP contribution in [0.5, 0.6) is 0 Å². The molecule has 0 amide bonds. The largest absolute Gasteiger partial charge is 0.292 e. The van der Waals surface area contributed by atoms with E-state index in [0.717, 1.165) is 16.6 Å². The van der Waals surface area contributed by atoms with E-state index in [1.165, 1.54) is 0 Å². The Balaban J connectivity index is 2.32. The highest BCUT2D eigenvalue weighted by Gasteiger charge is 2.11. The van der Waals surface area contributed by atoms with Crippen LogP contribution in [0.3, 0.4) is 0 Å². The molecule has 2 aromatic heterocycles. The minimum Gasteiger partial charge on any atom is -0.292 e. The molecule has 3 N–H and O–H groups in total. The first kappa shape index (κ1) is 11.9. The lowest BCUT2D eigenvalue weighted by atomic mass is 10.2. The van der Waals surface area contributed by atoms with Crippen molar-refractivity contribution in [1.82, 2.24) is 19.7 Å². The van der Waals surface area contributed by atoms with Gasteiger partial charge in [-0.3, -0.25) is 5.43 Å². The molecular formula is C12H11ClN6. The molecule has 0 saturated carbocycles. The molecular weight excluding hydrogens is 264 g/mol. The third kappa shape index (κ3) is 2.00.